The topological polar surface area (TPSA) is 54.4 Å². The van der Waals surface area contributed by atoms with Crippen LogP contribution in [0.25, 0.3) is 0 Å². The van der Waals surface area contributed by atoms with Crippen LogP contribution in [0, 0.1) is 34.5 Å². The molecule has 0 aromatic carbocycles. The van der Waals surface area contributed by atoms with Gasteiger partial charge in [0.05, 0.1) is 6.10 Å². The Hall–Kier alpha value is -0.960. The molecule has 3 nitrogen and oxygen atoms in total. The number of aliphatic hydroxyl groups excluding tert-OH is 1. The summed E-state index contributed by atoms with van der Waals surface area (Å²) in [5.74, 6) is 1.95. The highest BCUT2D eigenvalue weighted by molar-refractivity contribution is 5.91. The molecule has 0 radical (unpaired) electrons. The van der Waals surface area contributed by atoms with Gasteiger partial charge in [0, 0.05) is 12.3 Å². The third-order valence-electron chi connectivity index (χ3n) is 8.47. The molecule has 0 heterocycles. The predicted molar refractivity (Wildman–Crippen MR) is 92.3 cm³/mol. The summed E-state index contributed by atoms with van der Waals surface area (Å²) >= 11 is 0. The summed E-state index contributed by atoms with van der Waals surface area (Å²) in [4.78, 5) is 24.0. The minimum atomic E-state index is -0.351. The smallest absolute Gasteiger partial charge is 0.155 e. The zero-order valence-electron chi connectivity index (χ0n) is 15.2. The lowest BCUT2D eigenvalue weighted by Crippen LogP contribution is -2.55. The Bertz CT molecular complexity index is 621. The highest BCUT2D eigenvalue weighted by atomic mass is 16.3. The van der Waals surface area contributed by atoms with Crippen LogP contribution in [0.5, 0.6) is 0 Å². The van der Waals surface area contributed by atoms with Crippen LogP contribution in [-0.4, -0.2) is 22.8 Å². The van der Waals surface area contributed by atoms with Gasteiger partial charge < -0.3 is 5.11 Å². The van der Waals surface area contributed by atoms with Crippen molar-refractivity contribution in [3.63, 3.8) is 0 Å². The van der Waals surface area contributed by atoms with Gasteiger partial charge in [0.25, 0.3) is 0 Å². The maximum absolute atomic E-state index is 12.2. The first kappa shape index (κ1) is 16.5. The highest BCUT2D eigenvalue weighted by Crippen LogP contribution is 2.66. The molecule has 0 aliphatic heterocycles. The Labute approximate surface area is 144 Å². The van der Waals surface area contributed by atoms with Crippen LogP contribution in [0.15, 0.2) is 11.6 Å². The summed E-state index contributed by atoms with van der Waals surface area (Å²) in [7, 11) is 0. The van der Waals surface area contributed by atoms with E-state index in [4.69, 9.17) is 0 Å². The average Bonchev–Trinajstić information content (AvgIpc) is 2.86. The summed E-state index contributed by atoms with van der Waals surface area (Å²) in [5.41, 5.74) is 1.33. The summed E-state index contributed by atoms with van der Waals surface area (Å²) in [6, 6.07) is 0. The van der Waals surface area contributed by atoms with Crippen LogP contribution in [-0.2, 0) is 9.59 Å². The van der Waals surface area contributed by atoms with E-state index in [0.29, 0.717) is 36.4 Å². The fourth-order valence-electron chi connectivity index (χ4n) is 7.19. The van der Waals surface area contributed by atoms with Crippen molar-refractivity contribution in [2.45, 2.75) is 71.8 Å². The molecule has 0 aromatic heterocycles. The lowest BCUT2D eigenvalue weighted by Gasteiger charge is -2.59. The number of hydrogen-bond acceptors (Lipinski definition) is 3. The van der Waals surface area contributed by atoms with Crippen molar-refractivity contribution in [1.82, 2.24) is 0 Å². The molecule has 4 rings (SSSR count). The van der Waals surface area contributed by atoms with Gasteiger partial charge in [-0.15, -0.1) is 0 Å². The Morgan fingerprint density at radius 1 is 1.17 bits per heavy atom. The molecule has 1 N–H and O–H groups in total. The molecule has 0 bridgehead atoms. The molecule has 24 heavy (non-hydrogen) atoms. The predicted octanol–water partition coefficient (Wildman–Crippen LogP) is 3.69. The molecule has 7 atom stereocenters. The van der Waals surface area contributed by atoms with E-state index in [1.165, 1.54) is 5.57 Å². The van der Waals surface area contributed by atoms with E-state index in [2.05, 4.69) is 13.8 Å². The van der Waals surface area contributed by atoms with E-state index in [1.54, 1.807) is 6.92 Å². The average molecular weight is 330 g/mol. The number of rotatable bonds is 1. The lowest BCUT2D eigenvalue weighted by molar-refractivity contribution is -0.135. The zero-order valence-corrected chi connectivity index (χ0v) is 15.2. The van der Waals surface area contributed by atoms with Crippen molar-refractivity contribution in [2.75, 3.05) is 0 Å². The quantitative estimate of drug-likeness (QED) is 0.797. The molecule has 3 fully saturated rings. The molecule has 4 aliphatic rings. The second-order valence-electron chi connectivity index (χ2n) is 9.40. The van der Waals surface area contributed by atoms with Crippen molar-refractivity contribution in [1.29, 1.82) is 0 Å². The molecular weight excluding hydrogens is 300 g/mol. The monoisotopic (exact) mass is 330 g/mol. The molecule has 0 amide bonds. The molecule has 0 saturated heterocycles. The van der Waals surface area contributed by atoms with Crippen LogP contribution in [0.2, 0.25) is 0 Å². The number of carbonyl (C=O) groups excluding carboxylic acids is 2. The van der Waals surface area contributed by atoms with Gasteiger partial charge in [-0.3, -0.25) is 9.59 Å². The van der Waals surface area contributed by atoms with Crippen molar-refractivity contribution in [2.24, 2.45) is 34.5 Å². The fraction of sp³-hybridized carbons (Fsp3) is 0.810. The van der Waals surface area contributed by atoms with Gasteiger partial charge in [-0.1, -0.05) is 19.4 Å². The maximum Gasteiger partial charge on any atom is 0.155 e. The fourth-order valence-corrected chi connectivity index (χ4v) is 7.19. The number of carbonyl (C=O) groups is 2. The lowest BCUT2D eigenvalue weighted by atomic mass is 9.46. The minimum absolute atomic E-state index is 0.0655. The molecule has 4 aliphatic carbocycles. The first-order valence-electron chi connectivity index (χ1n) is 9.70. The van der Waals surface area contributed by atoms with Crippen LogP contribution >= 0.6 is 0 Å². The maximum atomic E-state index is 12.2. The van der Waals surface area contributed by atoms with E-state index in [0.717, 1.165) is 32.1 Å². The first-order chi connectivity index (χ1) is 11.3. The van der Waals surface area contributed by atoms with Crippen molar-refractivity contribution >= 4 is 11.6 Å². The summed E-state index contributed by atoms with van der Waals surface area (Å²) in [6.45, 7) is 6.38. The van der Waals surface area contributed by atoms with E-state index in [1.807, 2.05) is 6.08 Å². The Kier molecular flexibility index (Phi) is 3.62. The van der Waals surface area contributed by atoms with Gasteiger partial charge in [0.2, 0.25) is 0 Å². The molecule has 0 aromatic rings. The van der Waals surface area contributed by atoms with Gasteiger partial charge >= 0.3 is 0 Å². The van der Waals surface area contributed by atoms with Crippen LogP contribution in [0.4, 0.5) is 0 Å². The Morgan fingerprint density at radius 3 is 2.62 bits per heavy atom. The molecule has 3 saturated carbocycles. The van der Waals surface area contributed by atoms with Gasteiger partial charge in [0.15, 0.2) is 5.78 Å². The number of Topliss-reactive ketones (excluding diaryl/α,β-unsaturated/α-hetero) is 1. The van der Waals surface area contributed by atoms with Crippen molar-refractivity contribution in [3.05, 3.63) is 11.6 Å². The van der Waals surface area contributed by atoms with E-state index in [-0.39, 0.29) is 28.6 Å². The van der Waals surface area contributed by atoms with E-state index < -0.39 is 0 Å². The van der Waals surface area contributed by atoms with Crippen LogP contribution in [0.3, 0.4) is 0 Å². The van der Waals surface area contributed by atoms with E-state index >= 15 is 0 Å². The Balaban J connectivity index is 1.72. The minimum Gasteiger partial charge on any atom is -0.392 e. The van der Waals surface area contributed by atoms with E-state index in [9.17, 15) is 14.7 Å². The molecule has 3 heteroatoms. The second kappa shape index (κ2) is 5.27. The normalized spacial score (nSPS) is 50.6. The largest absolute Gasteiger partial charge is 0.392 e. The standard InChI is InChI=1S/C21H30O3/c1-12(22)15-4-5-16-19-17(7-9-21(15,16)3)20(2)8-6-14(23)10-13(20)11-18(19)24/h10,15-19,24H,4-9,11H2,1-3H3/t15-,16+,17+,18-,19+,20+,21-/m1/s1. The SMILES string of the molecule is CC(=O)[C@H]1CC[C@H]2[C@@H]3[C@H](O)CC4=CC(=O)CC[C@]4(C)[C@H]3CC[C@]12C. The summed E-state index contributed by atoms with van der Waals surface area (Å²) in [5, 5.41) is 11.0. The highest BCUT2D eigenvalue weighted by Gasteiger charge is 2.61. The number of hydrogen-bond donors (Lipinski definition) is 1. The Morgan fingerprint density at radius 2 is 1.92 bits per heavy atom. The molecule has 132 valence electrons. The number of ketones is 2. The third-order valence-corrected chi connectivity index (χ3v) is 8.47. The molecular formula is C21H30O3. The van der Waals surface area contributed by atoms with Crippen LogP contribution in [0.1, 0.15) is 65.7 Å². The van der Waals surface area contributed by atoms with Gasteiger partial charge in [-0.25, -0.2) is 0 Å². The van der Waals surface area contributed by atoms with Crippen LogP contribution < -0.4 is 0 Å². The third kappa shape index (κ3) is 2.06. The molecule has 0 spiro atoms. The summed E-state index contributed by atoms with van der Waals surface area (Å²) in [6.07, 6.45) is 7.97. The first-order valence-corrected chi connectivity index (χ1v) is 9.70. The van der Waals surface area contributed by atoms with Crippen molar-refractivity contribution < 1.29 is 14.7 Å². The van der Waals surface area contributed by atoms with Gasteiger partial charge in [-0.2, -0.15) is 0 Å². The second-order valence-corrected chi connectivity index (χ2v) is 9.40. The summed E-state index contributed by atoms with van der Waals surface area (Å²) < 4.78 is 0. The van der Waals surface area contributed by atoms with Gasteiger partial charge in [-0.05, 0) is 80.1 Å². The van der Waals surface area contributed by atoms with Crippen molar-refractivity contribution in [3.8, 4) is 0 Å². The van der Waals surface area contributed by atoms with Gasteiger partial charge in [0.1, 0.15) is 5.78 Å². The zero-order chi connectivity index (χ0) is 17.3. The molecule has 0 unspecified atom stereocenters. The number of aliphatic hydroxyl groups is 1. The number of fused-ring (bicyclic) bond motifs is 5.